The predicted molar refractivity (Wildman–Crippen MR) is 69.0 cm³/mol. The molecule has 6 heteroatoms. The van der Waals surface area contributed by atoms with Crippen LogP contribution in [0.25, 0.3) is 0 Å². The number of nitrogens with zero attached hydrogens (tertiary/aromatic N) is 2. The van der Waals surface area contributed by atoms with Crippen LogP contribution in [0, 0.1) is 5.82 Å². The van der Waals surface area contributed by atoms with Crippen LogP contribution in [-0.2, 0) is 11.8 Å². The molecule has 1 heterocycles. The third-order valence-corrected chi connectivity index (χ3v) is 3.28. The Morgan fingerprint density at radius 1 is 1.56 bits per heavy atom. The minimum absolute atomic E-state index is 0.186. The second kappa shape index (κ2) is 5.68. The van der Waals surface area contributed by atoms with E-state index in [-0.39, 0.29) is 17.5 Å². The van der Waals surface area contributed by atoms with Gasteiger partial charge in [0.2, 0.25) is 5.91 Å². The first kappa shape index (κ1) is 12.6. The van der Waals surface area contributed by atoms with Crippen LogP contribution in [0.1, 0.15) is 0 Å². The summed E-state index contributed by atoms with van der Waals surface area (Å²) in [7, 11) is 1.86. The third-order valence-electron chi connectivity index (χ3n) is 2.22. The number of nitrogens with one attached hydrogen (secondary N) is 1. The van der Waals surface area contributed by atoms with E-state index >= 15 is 0 Å². The van der Waals surface area contributed by atoms with Crippen molar-refractivity contribution in [3.05, 3.63) is 42.5 Å². The van der Waals surface area contributed by atoms with Crippen LogP contribution in [0.15, 0.2) is 41.8 Å². The topological polar surface area (TPSA) is 46.9 Å². The molecule has 0 aliphatic heterocycles. The standard InChI is InChI=1S/C12H12FN3OS/c1-16-6-5-14-12(16)18-8-11(17)15-10-4-2-3-9(13)7-10/h2-7H,8H2,1H3,(H,15,17). The molecule has 0 saturated heterocycles. The summed E-state index contributed by atoms with van der Waals surface area (Å²) >= 11 is 1.33. The molecule has 0 spiro atoms. The molecule has 0 bridgehead atoms. The zero-order valence-electron chi connectivity index (χ0n) is 9.76. The molecule has 0 aliphatic rings. The summed E-state index contributed by atoms with van der Waals surface area (Å²) in [6, 6.07) is 5.81. The number of aromatic nitrogens is 2. The van der Waals surface area contributed by atoms with Gasteiger partial charge < -0.3 is 9.88 Å². The lowest BCUT2D eigenvalue weighted by molar-refractivity contribution is -0.113. The molecule has 1 amide bonds. The maximum atomic E-state index is 12.9. The van der Waals surface area contributed by atoms with E-state index in [9.17, 15) is 9.18 Å². The van der Waals surface area contributed by atoms with Gasteiger partial charge in [-0.2, -0.15) is 0 Å². The highest BCUT2D eigenvalue weighted by Crippen LogP contribution is 2.15. The molecule has 4 nitrogen and oxygen atoms in total. The zero-order chi connectivity index (χ0) is 13.0. The smallest absolute Gasteiger partial charge is 0.234 e. The van der Waals surface area contributed by atoms with Crippen molar-refractivity contribution in [2.75, 3.05) is 11.1 Å². The molecule has 0 radical (unpaired) electrons. The summed E-state index contributed by atoms with van der Waals surface area (Å²) in [4.78, 5) is 15.7. The van der Waals surface area contributed by atoms with Gasteiger partial charge in [-0.05, 0) is 18.2 Å². The van der Waals surface area contributed by atoms with Crippen molar-refractivity contribution < 1.29 is 9.18 Å². The van der Waals surface area contributed by atoms with Crippen molar-refractivity contribution in [1.82, 2.24) is 9.55 Å². The fourth-order valence-corrected chi connectivity index (χ4v) is 2.12. The summed E-state index contributed by atoms with van der Waals surface area (Å²) in [5.41, 5.74) is 0.459. The highest BCUT2D eigenvalue weighted by atomic mass is 32.2. The largest absolute Gasteiger partial charge is 0.329 e. The van der Waals surface area contributed by atoms with Gasteiger partial charge in [-0.1, -0.05) is 17.8 Å². The predicted octanol–water partition coefficient (Wildman–Crippen LogP) is 2.29. The molecule has 0 fully saturated rings. The second-order valence-corrected chi connectivity index (χ2v) is 4.61. The van der Waals surface area contributed by atoms with Crippen molar-refractivity contribution in [1.29, 1.82) is 0 Å². The Bertz CT molecular complexity index is 556. The van der Waals surface area contributed by atoms with Crippen molar-refractivity contribution >= 4 is 23.4 Å². The highest BCUT2D eigenvalue weighted by Gasteiger charge is 2.06. The van der Waals surface area contributed by atoms with Crippen LogP contribution < -0.4 is 5.32 Å². The number of carbonyl (C=O) groups is 1. The minimum atomic E-state index is -0.371. The molecule has 0 aliphatic carbocycles. The van der Waals surface area contributed by atoms with Gasteiger partial charge in [0.05, 0.1) is 5.75 Å². The summed E-state index contributed by atoms with van der Waals surface area (Å²) in [6.45, 7) is 0. The van der Waals surface area contributed by atoms with E-state index < -0.39 is 0 Å². The first-order valence-electron chi connectivity index (χ1n) is 5.30. The Morgan fingerprint density at radius 2 is 2.39 bits per heavy atom. The molecule has 2 rings (SSSR count). The normalized spacial score (nSPS) is 10.3. The van der Waals surface area contributed by atoms with Gasteiger partial charge >= 0.3 is 0 Å². The number of rotatable bonds is 4. The number of thioether (sulfide) groups is 1. The number of halogens is 1. The molecule has 0 atom stereocenters. The van der Waals surface area contributed by atoms with E-state index in [2.05, 4.69) is 10.3 Å². The van der Waals surface area contributed by atoms with Crippen molar-refractivity contribution in [3.8, 4) is 0 Å². The number of amides is 1. The number of hydrogen-bond acceptors (Lipinski definition) is 3. The van der Waals surface area contributed by atoms with E-state index in [4.69, 9.17) is 0 Å². The van der Waals surface area contributed by atoms with Crippen LogP contribution in [0.4, 0.5) is 10.1 Å². The summed E-state index contributed by atoms with van der Waals surface area (Å²) in [5.74, 6) is -0.320. The number of aryl methyl sites for hydroxylation is 1. The molecule has 94 valence electrons. The molecule has 1 aromatic heterocycles. The third kappa shape index (κ3) is 3.33. The Kier molecular flexibility index (Phi) is 3.99. The number of anilines is 1. The molecule has 1 aromatic carbocycles. The van der Waals surface area contributed by atoms with E-state index in [1.807, 2.05) is 17.8 Å². The molecule has 0 saturated carbocycles. The van der Waals surface area contributed by atoms with E-state index in [0.717, 1.165) is 5.16 Å². The summed E-state index contributed by atoms with van der Waals surface area (Å²) < 4.78 is 14.7. The molecular formula is C12H12FN3OS. The van der Waals surface area contributed by atoms with Gasteiger partial charge in [0.15, 0.2) is 5.16 Å². The number of carbonyl (C=O) groups excluding carboxylic acids is 1. The molecule has 1 N–H and O–H groups in total. The number of imidazole rings is 1. The lowest BCUT2D eigenvalue weighted by atomic mass is 10.3. The van der Waals surface area contributed by atoms with Gasteiger partial charge in [-0.3, -0.25) is 4.79 Å². The maximum Gasteiger partial charge on any atom is 0.234 e. The van der Waals surface area contributed by atoms with Crippen molar-refractivity contribution in [2.24, 2.45) is 7.05 Å². The number of hydrogen-bond donors (Lipinski definition) is 1. The van der Waals surface area contributed by atoms with Crippen LogP contribution >= 0.6 is 11.8 Å². The van der Waals surface area contributed by atoms with Gasteiger partial charge in [0, 0.05) is 25.1 Å². The average Bonchev–Trinajstić information content (AvgIpc) is 2.72. The van der Waals surface area contributed by atoms with Gasteiger partial charge in [-0.25, -0.2) is 9.37 Å². The first-order valence-corrected chi connectivity index (χ1v) is 6.29. The number of benzene rings is 1. The lowest BCUT2D eigenvalue weighted by Crippen LogP contribution is -2.14. The maximum absolute atomic E-state index is 12.9. The van der Waals surface area contributed by atoms with E-state index in [1.165, 1.54) is 23.9 Å². The molecule has 18 heavy (non-hydrogen) atoms. The van der Waals surface area contributed by atoms with Gasteiger partial charge in [0.25, 0.3) is 0 Å². The van der Waals surface area contributed by atoms with Crippen molar-refractivity contribution in [3.63, 3.8) is 0 Å². The van der Waals surface area contributed by atoms with Crippen LogP contribution in [0.3, 0.4) is 0 Å². The fraction of sp³-hybridized carbons (Fsp3) is 0.167. The lowest BCUT2D eigenvalue weighted by Gasteiger charge is -2.05. The second-order valence-electron chi connectivity index (χ2n) is 3.67. The van der Waals surface area contributed by atoms with Crippen LogP contribution in [0.2, 0.25) is 0 Å². The van der Waals surface area contributed by atoms with Crippen LogP contribution in [0.5, 0.6) is 0 Å². The van der Waals surface area contributed by atoms with Gasteiger partial charge in [-0.15, -0.1) is 0 Å². The Hall–Kier alpha value is -1.82. The molecular weight excluding hydrogens is 253 g/mol. The van der Waals surface area contributed by atoms with E-state index in [1.54, 1.807) is 18.3 Å². The monoisotopic (exact) mass is 265 g/mol. The Morgan fingerprint density at radius 3 is 3.06 bits per heavy atom. The minimum Gasteiger partial charge on any atom is -0.329 e. The SMILES string of the molecule is Cn1ccnc1SCC(=O)Nc1cccc(F)c1. The van der Waals surface area contributed by atoms with Crippen molar-refractivity contribution in [2.45, 2.75) is 5.16 Å². The highest BCUT2D eigenvalue weighted by molar-refractivity contribution is 7.99. The Labute approximate surface area is 108 Å². The summed E-state index contributed by atoms with van der Waals surface area (Å²) in [6.07, 6.45) is 3.49. The summed E-state index contributed by atoms with van der Waals surface area (Å²) in [5, 5.41) is 3.40. The fourth-order valence-electron chi connectivity index (χ4n) is 1.38. The average molecular weight is 265 g/mol. The Balaban J connectivity index is 1.88. The molecule has 0 unspecified atom stereocenters. The first-order chi connectivity index (χ1) is 8.65. The quantitative estimate of drug-likeness (QED) is 0.863. The molecule has 2 aromatic rings. The van der Waals surface area contributed by atoms with Crippen LogP contribution in [-0.4, -0.2) is 21.2 Å². The zero-order valence-corrected chi connectivity index (χ0v) is 10.6. The van der Waals surface area contributed by atoms with Gasteiger partial charge in [0.1, 0.15) is 5.82 Å². The van der Waals surface area contributed by atoms with E-state index in [0.29, 0.717) is 5.69 Å².